The second kappa shape index (κ2) is 7.37. The van der Waals surface area contributed by atoms with Crippen molar-refractivity contribution < 1.29 is 19.2 Å². The van der Waals surface area contributed by atoms with E-state index >= 15 is 0 Å². The van der Waals surface area contributed by atoms with Crippen LogP contribution in [0.2, 0.25) is 0 Å². The van der Waals surface area contributed by atoms with Crippen LogP contribution < -0.4 is 9.80 Å². The predicted molar refractivity (Wildman–Crippen MR) is 136 cm³/mol. The summed E-state index contributed by atoms with van der Waals surface area (Å²) in [6.07, 6.45) is 11.0. The van der Waals surface area contributed by atoms with Gasteiger partial charge in [0.1, 0.15) is 0 Å². The van der Waals surface area contributed by atoms with Crippen LogP contribution in [-0.4, -0.2) is 23.6 Å². The molecule has 6 heteroatoms. The summed E-state index contributed by atoms with van der Waals surface area (Å²) in [6, 6.07) is 15.3. The molecular formula is C31H26N2O4. The molecule has 2 saturated heterocycles. The van der Waals surface area contributed by atoms with Crippen LogP contribution in [0.4, 0.5) is 11.4 Å². The van der Waals surface area contributed by atoms with Gasteiger partial charge in [0, 0.05) is 0 Å². The van der Waals surface area contributed by atoms with Gasteiger partial charge < -0.3 is 0 Å². The zero-order valence-electron chi connectivity index (χ0n) is 20.2. The Labute approximate surface area is 214 Å². The van der Waals surface area contributed by atoms with Crippen LogP contribution >= 0.6 is 0 Å². The highest BCUT2D eigenvalue weighted by molar-refractivity contribution is 6.23. The molecule has 4 amide bonds. The molecule has 2 aromatic carbocycles. The van der Waals surface area contributed by atoms with E-state index in [-0.39, 0.29) is 71.0 Å². The molecule has 2 saturated carbocycles. The first-order chi connectivity index (χ1) is 18.0. The molecule has 37 heavy (non-hydrogen) atoms. The lowest BCUT2D eigenvalue weighted by Gasteiger charge is -2.18. The molecule has 2 aliphatic heterocycles. The fraction of sp³-hybridized carbons (Fsp3) is 0.355. The molecule has 2 aromatic rings. The minimum atomic E-state index is -0.193. The van der Waals surface area contributed by atoms with Crippen molar-refractivity contribution in [2.75, 3.05) is 9.80 Å². The average Bonchev–Trinajstić information content (AvgIpc) is 3.74. The maximum absolute atomic E-state index is 13.1. The van der Waals surface area contributed by atoms with E-state index in [0.29, 0.717) is 17.8 Å². The van der Waals surface area contributed by atoms with E-state index in [1.807, 2.05) is 48.5 Å². The summed E-state index contributed by atoms with van der Waals surface area (Å²) in [5, 5.41) is 0. The number of anilines is 2. The molecule has 0 spiro atoms. The Morgan fingerprint density at radius 2 is 0.784 bits per heavy atom. The second-order valence-corrected chi connectivity index (χ2v) is 11.5. The maximum Gasteiger partial charge on any atom is 0.238 e. The van der Waals surface area contributed by atoms with Gasteiger partial charge in [-0.05, 0) is 78.3 Å². The zero-order chi connectivity index (χ0) is 25.0. The molecule has 0 N–H and O–H groups in total. The SMILES string of the molecule is O=C1[C@@H]2[C@H](C(=O)N1c1ccc(Cc3ccc(N4C(=O)[C@@H]5[C@H](C4=O)[C@@H]4C=C[C@H]5C4)cc3)cc1)[C@@H]1C=C[C@H]2C1. The quantitative estimate of drug-likeness (QED) is 0.481. The van der Waals surface area contributed by atoms with Crippen LogP contribution in [0.5, 0.6) is 0 Å². The summed E-state index contributed by atoms with van der Waals surface area (Å²) < 4.78 is 0. The molecule has 184 valence electrons. The molecule has 4 fully saturated rings. The van der Waals surface area contributed by atoms with Gasteiger partial charge in [-0.1, -0.05) is 48.6 Å². The van der Waals surface area contributed by atoms with Crippen molar-refractivity contribution >= 4 is 35.0 Å². The Morgan fingerprint density at radius 3 is 1.08 bits per heavy atom. The minimum absolute atomic E-state index is 0.0610. The Balaban J connectivity index is 0.973. The van der Waals surface area contributed by atoms with Crippen LogP contribution in [-0.2, 0) is 25.6 Å². The highest BCUT2D eigenvalue weighted by Crippen LogP contribution is 2.54. The molecule has 0 radical (unpaired) electrons. The Kier molecular flexibility index (Phi) is 4.24. The van der Waals surface area contributed by atoms with Gasteiger partial charge in [-0.3, -0.25) is 29.0 Å². The van der Waals surface area contributed by atoms with E-state index in [1.54, 1.807) is 0 Å². The van der Waals surface area contributed by atoms with Crippen LogP contribution in [0.15, 0.2) is 72.8 Å². The van der Waals surface area contributed by atoms with Crippen molar-refractivity contribution in [2.45, 2.75) is 19.3 Å². The summed E-state index contributed by atoms with van der Waals surface area (Å²) >= 11 is 0. The number of nitrogens with zero attached hydrogens (tertiary/aromatic N) is 2. The number of hydrogen-bond donors (Lipinski definition) is 0. The highest BCUT2D eigenvalue weighted by atomic mass is 16.2. The highest BCUT2D eigenvalue weighted by Gasteiger charge is 2.60. The molecule has 2 heterocycles. The van der Waals surface area contributed by atoms with Gasteiger partial charge in [0.15, 0.2) is 0 Å². The lowest BCUT2D eigenvalue weighted by Crippen LogP contribution is -2.32. The van der Waals surface area contributed by atoms with Crippen LogP contribution in [0.25, 0.3) is 0 Å². The van der Waals surface area contributed by atoms with E-state index in [2.05, 4.69) is 24.3 Å². The van der Waals surface area contributed by atoms with Crippen molar-refractivity contribution in [3.8, 4) is 0 Å². The second-order valence-electron chi connectivity index (χ2n) is 11.5. The van der Waals surface area contributed by atoms with Gasteiger partial charge in [0.05, 0.1) is 35.0 Å². The number of benzene rings is 2. The van der Waals surface area contributed by atoms with Gasteiger partial charge in [0.2, 0.25) is 23.6 Å². The zero-order valence-corrected chi connectivity index (χ0v) is 20.2. The molecule has 6 aliphatic rings. The molecule has 0 aromatic heterocycles. The van der Waals surface area contributed by atoms with Crippen LogP contribution in [0, 0.1) is 47.3 Å². The third kappa shape index (κ3) is 2.81. The van der Waals surface area contributed by atoms with Gasteiger partial charge in [-0.25, -0.2) is 0 Å². The normalized spacial score (nSPS) is 36.4. The largest absolute Gasteiger partial charge is 0.274 e. The van der Waals surface area contributed by atoms with Gasteiger partial charge in [-0.15, -0.1) is 0 Å². The van der Waals surface area contributed by atoms with E-state index < -0.39 is 0 Å². The fourth-order valence-electron chi connectivity index (χ4n) is 8.08. The first-order valence-corrected chi connectivity index (χ1v) is 13.3. The number of carbonyl (C=O) groups excluding carboxylic acids is 4. The third-order valence-corrected chi connectivity index (χ3v) is 9.74. The first kappa shape index (κ1) is 21.3. The van der Waals surface area contributed by atoms with Gasteiger partial charge >= 0.3 is 0 Å². The lowest BCUT2D eigenvalue weighted by molar-refractivity contribution is -0.124. The van der Waals surface area contributed by atoms with Crippen LogP contribution in [0.3, 0.4) is 0 Å². The summed E-state index contributed by atoms with van der Waals surface area (Å²) in [7, 11) is 0. The van der Waals surface area contributed by atoms with Crippen molar-refractivity contribution in [1.82, 2.24) is 0 Å². The van der Waals surface area contributed by atoms with Crippen LogP contribution in [0.1, 0.15) is 24.0 Å². The number of allylic oxidation sites excluding steroid dienone is 4. The first-order valence-electron chi connectivity index (χ1n) is 13.3. The number of fused-ring (bicyclic) bond motifs is 10. The predicted octanol–water partition coefficient (Wildman–Crippen LogP) is 3.90. The Morgan fingerprint density at radius 1 is 0.486 bits per heavy atom. The molecule has 8 atom stereocenters. The number of amides is 4. The molecular weight excluding hydrogens is 464 g/mol. The van der Waals surface area contributed by atoms with E-state index in [1.165, 1.54) is 9.80 Å². The number of carbonyl (C=O) groups is 4. The molecule has 6 nitrogen and oxygen atoms in total. The number of imide groups is 2. The lowest BCUT2D eigenvalue weighted by atomic mass is 9.85. The Bertz CT molecular complexity index is 1270. The Hall–Kier alpha value is -3.80. The average molecular weight is 491 g/mol. The van der Waals surface area contributed by atoms with Crippen molar-refractivity contribution in [3.63, 3.8) is 0 Å². The number of rotatable bonds is 4. The molecule has 0 unspecified atom stereocenters. The van der Waals surface area contributed by atoms with E-state index in [9.17, 15) is 19.2 Å². The van der Waals surface area contributed by atoms with E-state index in [4.69, 9.17) is 0 Å². The maximum atomic E-state index is 13.1. The molecule has 4 bridgehead atoms. The smallest absolute Gasteiger partial charge is 0.238 e. The summed E-state index contributed by atoms with van der Waals surface area (Å²) in [5.41, 5.74) is 3.40. The van der Waals surface area contributed by atoms with Gasteiger partial charge in [0.25, 0.3) is 0 Å². The summed E-state index contributed by atoms with van der Waals surface area (Å²) in [4.78, 5) is 55.1. The van der Waals surface area contributed by atoms with Crippen molar-refractivity contribution in [1.29, 1.82) is 0 Å². The van der Waals surface area contributed by atoms with Gasteiger partial charge in [-0.2, -0.15) is 0 Å². The fourth-order valence-corrected chi connectivity index (χ4v) is 8.08. The molecule has 8 rings (SSSR count). The topological polar surface area (TPSA) is 74.8 Å². The molecule has 4 aliphatic carbocycles. The van der Waals surface area contributed by atoms with Crippen molar-refractivity contribution in [3.05, 3.63) is 84.0 Å². The van der Waals surface area contributed by atoms with E-state index in [0.717, 1.165) is 24.0 Å². The monoisotopic (exact) mass is 490 g/mol. The minimum Gasteiger partial charge on any atom is -0.274 e. The van der Waals surface area contributed by atoms with Crippen molar-refractivity contribution in [2.24, 2.45) is 47.3 Å². The summed E-state index contributed by atoms with van der Waals surface area (Å²) in [5.74, 6) is -0.198. The third-order valence-electron chi connectivity index (χ3n) is 9.74. The number of hydrogen-bond acceptors (Lipinski definition) is 4. The standard InChI is InChI=1S/C31H26N2O4/c34-28-24-18-5-6-19(14-18)25(24)29(35)32(28)22-9-1-16(2-10-22)13-17-3-11-23(12-4-17)33-30(36)26-20-7-8-21(15-20)27(26)31(33)37/h1-12,18-21,24-27H,13-15H2/t18-,19+,20-,21+,24-,25+,26-,27+. The summed E-state index contributed by atoms with van der Waals surface area (Å²) in [6.45, 7) is 0.